The van der Waals surface area contributed by atoms with Gasteiger partial charge in [-0.15, -0.1) is 0 Å². The van der Waals surface area contributed by atoms with Crippen molar-refractivity contribution < 1.29 is 28.6 Å². The van der Waals surface area contributed by atoms with Crippen LogP contribution in [0.2, 0.25) is 10.4 Å². The first-order valence-corrected chi connectivity index (χ1v) is 11.8. The van der Waals surface area contributed by atoms with Crippen LogP contribution in [0.1, 0.15) is 40.3 Å². The largest absolute Gasteiger partial charge is 0.478 e. The number of aromatic nitrogens is 4. The lowest BCUT2D eigenvalue weighted by Gasteiger charge is -2.22. The number of aromatic carboxylic acids is 1. The van der Waals surface area contributed by atoms with E-state index in [1.165, 1.54) is 17.8 Å². The minimum absolute atomic E-state index is 0.0337. The number of carbonyl (C=O) groups is 2. The third-order valence-electron chi connectivity index (χ3n) is 5.50. The summed E-state index contributed by atoms with van der Waals surface area (Å²) in [6.07, 6.45) is -0.244. The van der Waals surface area contributed by atoms with E-state index >= 15 is 4.39 Å². The number of fused-ring (bicyclic) bond motifs is 1. The summed E-state index contributed by atoms with van der Waals surface area (Å²) in [4.78, 5) is 34.3. The maximum atomic E-state index is 15.2. The van der Waals surface area contributed by atoms with Gasteiger partial charge in [-0.25, -0.2) is 23.9 Å². The summed E-state index contributed by atoms with van der Waals surface area (Å²) in [5, 5.41) is 8.38. The molecule has 0 bridgehead atoms. The summed E-state index contributed by atoms with van der Waals surface area (Å²) < 4.78 is 27.8. The summed E-state index contributed by atoms with van der Waals surface area (Å²) >= 11 is 11.9. The number of imidazole rings is 1. The van der Waals surface area contributed by atoms with Gasteiger partial charge in [0.2, 0.25) is 5.28 Å². The monoisotopic (exact) mass is 546 g/mol. The van der Waals surface area contributed by atoms with Gasteiger partial charge in [0.25, 0.3) is 0 Å². The van der Waals surface area contributed by atoms with Crippen LogP contribution < -0.4 is 0 Å². The Balaban J connectivity index is 0.000000301. The van der Waals surface area contributed by atoms with E-state index in [4.69, 9.17) is 37.8 Å². The second kappa shape index (κ2) is 11.2. The molecule has 3 atom stereocenters. The molecule has 192 valence electrons. The molecule has 0 unspecified atom stereocenters. The van der Waals surface area contributed by atoms with Gasteiger partial charge < -0.3 is 14.6 Å². The molecule has 0 amide bonds. The standard InChI is InChI=1S/C18H15Cl2FN4O3.C7H6O2/c1-18(21)7-11(8-27-15(26)10-5-3-2-4-6-10)28-16(18)25-9-22-12-13(19)23-17(20)24-14(12)25;8-7(9)6-4-2-1-3-5-6/h2-6,9,11,16H,7-8H2,1H3;1-5H,(H,8,9)/t11-,16-,18-;/m1./s1. The van der Waals surface area contributed by atoms with Gasteiger partial charge in [-0.1, -0.05) is 48.0 Å². The van der Waals surface area contributed by atoms with E-state index in [1.54, 1.807) is 60.7 Å². The molecule has 4 aromatic rings. The molecular weight excluding hydrogens is 526 g/mol. The summed E-state index contributed by atoms with van der Waals surface area (Å²) in [5.74, 6) is -1.37. The van der Waals surface area contributed by atoms with Crippen LogP contribution in [-0.4, -0.2) is 54.9 Å². The first kappa shape index (κ1) is 26.5. The first-order chi connectivity index (χ1) is 17.7. The van der Waals surface area contributed by atoms with Crippen LogP contribution in [0.4, 0.5) is 4.39 Å². The number of halogens is 3. The average Bonchev–Trinajstić information content (AvgIpc) is 3.43. The lowest BCUT2D eigenvalue weighted by molar-refractivity contribution is -0.0601. The molecule has 3 heterocycles. The van der Waals surface area contributed by atoms with Gasteiger partial charge in [-0.2, -0.15) is 4.98 Å². The highest BCUT2D eigenvalue weighted by Gasteiger charge is 2.48. The molecule has 37 heavy (non-hydrogen) atoms. The fraction of sp³-hybridized carbons (Fsp3) is 0.240. The molecular formula is C25H21Cl2FN4O5. The summed E-state index contributed by atoms with van der Waals surface area (Å²) in [6.45, 7) is 1.33. The molecule has 9 nitrogen and oxygen atoms in total. The Morgan fingerprint density at radius 1 is 1.11 bits per heavy atom. The van der Waals surface area contributed by atoms with Gasteiger partial charge in [-0.3, -0.25) is 4.57 Å². The molecule has 1 N–H and O–H groups in total. The summed E-state index contributed by atoms with van der Waals surface area (Å²) in [7, 11) is 0. The Bertz CT molecular complexity index is 1400. The SMILES string of the molecule is C[C@@]1(F)C[C@H](COC(=O)c2ccccc2)O[C@H]1n1cnc2c(Cl)nc(Cl)nc21.O=C(O)c1ccccc1. The maximum Gasteiger partial charge on any atom is 0.338 e. The number of benzene rings is 2. The second-order valence-electron chi connectivity index (χ2n) is 8.34. The van der Waals surface area contributed by atoms with Crippen molar-refractivity contribution in [1.82, 2.24) is 19.5 Å². The van der Waals surface area contributed by atoms with Crippen LogP contribution in [-0.2, 0) is 9.47 Å². The normalized spacial score (nSPS) is 20.8. The van der Waals surface area contributed by atoms with Crippen molar-refractivity contribution >= 4 is 46.3 Å². The minimum Gasteiger partial charge on any atom is -0.478 e. The van der Waals surface area contributed by atoms with E-state index in [2.05, 4.69) is 15.0 Å². The Morgan fingerprint density at radius 2 is 1.73 bits per heavy atom. The number of carboxylic acid groups (broad SMARTS) is 1. The number of hydrogen-bond acceptors (Lipinski definition) is 7. The lowest BCUT2D eigenvalue weighted by atomic mass is 10.0. The fourth-order valence-corrected chi connectivity index (χ4v) is 4.23. The predicted molar refractivity (Wildman–Crippen MR) is 134 cm³/mol. The fourth-order valence-electron chi connectivity index (χ4n) is 3.81. The van der Waals surface area contributed by atoms with Crippen LogP contribution in [0.15, 0.2) is 67.0 Å². The molecule has 1 saturated heterocycles. The Hall–Kier alpha value is -3.60. The highest BCUT2D eigenvalue weighted by molar-refractivity contribution is 6.35. The van der Waals surface area contributed by atoms with Gasteiger partial charge in [0, 0.05) is 6.42 Å². The van der Waals surface area contributed by atoms with Crippen molar-refractivity contribution in [3.8, 4) is 0 Å². The zero-order valence-corrected chi connectivity index (χ0v) is 20.9. The zero-order chi connectivity index (χ0) is 26.6. The van der Waals surface area contributed by atoms with E-state index in [9.17, 15) is 9.59 Å². The summed E-state index contributed by atoms with van der Waals surface area (Å²) in [5.41, 5.74) is -0.439. The molecule has 12 heteroatoms. The molecule has 0 aliphatic carbocycles. The van der Waals surface area contributed by atoms with Crippen LogP contribution in [0.3, 0.4) is 0 Å². The van der Waals surface area contributed by atoms with E-state index < -0.39 is 29.9 Å². The van der Waals surface area contributed by atoms with Crippen molar-refractivity contribution in [2.45, 2.75) is 31.3 Å². The first-order valence-electron chi connectivity index (χ1n) is 11.1. The van der Waals surface area contributed by atoms with Gasteiger partial charge in [0.15, 0.2) is 22.7 Å². The van der Waals surface area contributed by atoms with Gasteiger partial charge >= 0.3 is 11.9 Å². The molecule has 0 spiro atoms. The van der Waals surface area contributed by atoms with Crippen LogP contribution in [0.25, 0.3) is 11.2 Å². The number of rotatable bonds is 5. The van der Waals surface area contributed by atoms with E-state index in [-0.39, 0.29) is 29.1 Å². The topological polar surface area (TPSA) is 116 Å². The third kappa shape index (κ3) is 6.22. The highest BCUT2D eigenvalue weighted by Crippen LogP contribution is 2.42. The molecule has 1 aliphatic heterocycles. The van der Waals surface area contributed by atoms with E-state index in [0.29, 0.717) is 16.6 Å². The minimum atomic E-state index is -1.75. The second-order valence-corrected chi connectivity index (χ2v) is 9.03. The van der Waals surface area contributed by atoms with E-state index in [1.807, 2.05) is 0 Å². The van der Waals surface area contributed by atoms with E-state index in [0.717, 1.165) is 0 Å². The number of nitrogens with zero attached hydrogens (tertiary/aromatic N) is 4. The quantitative estimate of drug-likeness (QED) is 0.201. The Kier molecular flexibility index (Phi) is 8.01. The number of hydrogen-bond donors (Lipinski definition) is 1. The number of esters is 1. The van der Waals surface area contributed by atoms with Crippen molar-refractivity contribution in [2.24, 2.45) is 0 Å². The maximum absolute atomic E-state index is 15.2. The third-order valence-corrected chi connectivity index (χ3v) is 5.93. The highest BCUT2D eigenvalue weighted by atomic mass is 35.5. The van der Waals surface area contributed by atoms with Crippen LogP contribution >= 0.6 is 23.2 Å². The summed E-state index contributed by atoms with van der Waals surface area (Å²) in [6, 6.07) is 16.9. The van der Waals surface area contributed by atoms with Crippen molar-refractivity contribution in [1.29, 1.82) is 0 Å². The molecule has 1 aliphatic rings. The smallest absolute Gasteiger partial charge is 0.338 e. The molecule has 0 saturated carbocycles. The zero-order valence-electron chi connectivity index (χ0n) is 19.4. The number of ether oxygens (including phenoxy) is 2. The number of carboxylic acids is 1. The lowest BCUT2D eigenvalue weighted by Crippen LogP contribution is -2.27. The number of alkyl halides is 1. The molecule has 0 radical (unpaired) electrons. The van der Waals surface area contributed by atoms with Crippen molar-refractivity contribution in [2.75, 3.05) is 6.61 Å². The van der Waals surface area contributed by atoms with Crippen LogP contribution in [0.5, 0.6) is 0 Å². The Labute approximate surface area is 220 Å². The molecule has 2 aromatic carbocycles. The van der Waals surface area contributed by atoms with Gasteiger partial charge in [0.05, 0.1) is 23.6 Å². The van der Waals surface area contributed by atoms with Crippen LogP contribution in [0, 0.1) is 0 Å². The van der Waals surface area contributed by atoms with Gasteiger partial charge in [0.1, 0.15) is 12.1 Å². The van der Waals surface area contributed by atoms with Crippen molar-refractivity contribution in [3.63, 3.8) is 0 Å². The molecule has 2 aromatic heterocycles. The molecule has 1 fully saturated rings. The molecule has 5 rings (SSSR count). The van der Waals surface area contributed by atoms with Crippen molar-refractivity contribution in [3.05, 3.63) is 88.6 Å². The predicted octanol–water partition coefficient (Wildman–Crippen LogP) is 5.39. The Morgan fingerprint density at radius 3 is 2.32 bits per heavy atom. The van der Waals surface area contributed by atoms with Gasteiger partial charge in [-0.05, 0) is 42.8 Å². The average molecular weight is 547 g/mol. The number of carbonyl (C=O) groups excluding carboxylic acids is 1.